The summed E-state index contributed by atoms with van der Waals surface area (Å²) in [6, 6.07) is 20.3. The van der Waals surface area contributed by atoms with Gasteiger partial charge in [-0.25, -0.2) is 0 Å². The molecule has 0 aromatic heterocycles. The van der Waals surface area contributed by atoms with Gasteiger partial charge in [0.1, 0.15) is 0 Å². The standard InChI is InChI=1S/C18H16ClN/c1-12-9-10-14(19)11-17(12)18(20)16-8-4-6-13-5-2-3-7-15(13)16/h2-11,18H,20H2,1H3. The monoisotopic (exact) mass is 281 g/mol. The summed E-state index contributed by atoms with van der Waals surface area (Å²) in [7, 11) is 0. The molecule has 1 atom stereocenters. The third-order valence-corrected chi connectivity index (χ3v) is 3.97. The number of benzene rings is 3. The maximum Gasteiger partial charge on any atom is 0.0560 e. The van der Waals surface area contributed by atoms with Crippen LogP contribution in [0.25, 0.3) is 10.8 Å². The number of fused-ring (bicyclic) bond motifs is 1. The lowest BCUT2D eigenvalue weighted by Gasteiger charge is -2.17. The highest BCUT2D eigenvalue weighted by Crippen LogP contribution is 2.30. The lowest BCUT2D eigenvalue weighted by molar-refractivity contribution is 0.870. The molecule has 100 valence electrons. The van der Waals surface area contributed by atoms with Crippen LogP contribution in [-0.2, 0) is 0 Å². The molecule has 20 heavy (non-hydrogen) atoms. The van der Waals surface area contributed by atoms with Crippen LogP contribution in [0.5, 0.6) is 0 Å². The zero-order valence-electron chi connectivity index (χ0n) is 11.3. The zero-order chi connectivity index (χ0) is 14.1. The molecule has 3 aromatic carbocycles. The Morgan fingerprint density at radius 3 is 2.50 bits per heavy atom. The number of hydrogen-bond acceptors (Lipinski definition) is 1. The Bertz CT molecular complexity index is 759. The SMILES string of the molecule is Cc1ccc(Cl)cc1C(N)c1cccc2ccccc12. The van der Waals surface area contributed by atoms with E-state index in [2.05, 4.69) is 37.3 Å². The number of hydrogen-bond donors (Lipinski definition) is 1. The molecule has 0 radical (unpaired) electrons. The van der Waals surface area contributed by atoms with Gasteiger partial charge in [0.15, 0.2) is 0 Å². The normalized spacial score (nSPS) is 12.6. The smallest absolute Gasteiger partial charge is 0.0560 e. The van der Waals surface area contributed by atoms with Crippen LogP contribution in [0.3, 0.4) is 0 Å². The Balaban J connectivity index is 2.17. The predicted octanol–water partition coefficient (Wildman–Crippen LogP) is 4.85. The summed E-state index contributed by atoms with van der Waals surface area (Å²) in [6.45, 7) is 2.07. The van der Waals surface area contributed by atoms with Crippen LogP contribution in [0.15, 0.2) is 60.7 Å². The van der Waals surface area contributed by atoms with Gasteiger partial charge in [0.05, 0.1) is 6.04 Å². The highest BCUT2D eigenvalue weighted by molar-refractivity contribution is 6.30. The largest absolute Gasteiger partial charge is 0.320 e. The van der Waals surface area contributed by atoms with Crippen molar-refractivity contribution < 1.29 is 0 Å². The van der Waals surface area contributed by atoms with E-state index in [0.717, 1.165) is 21.7 Å². The Labute approximate surface area is 124 Å². The van der Waals surface area contributed by atoms with E-state index in [1.54, 1.807) is 0 Å². The second-order valence-corrected chi connectivity index (χ2v) is 5.48. The van der Waals surface area contributed by atoms with Crippen LogP contribution in [0, 0.1) is 6.92 Å². The van der Waals surface area contributed by atoms with E-state index >= 15 is 0 Å². The van der Waals surface area contributed by atoms with Gasteiger partial charge in [-0.3, -0.25) is 0 Å². The number of rotatable bonds is 2. The highest BCUT2D eigenvalue weighted by Gasteiger charge is 2.14. The molecular formula is C18H16ClN. The molecule has 0 aliphatic rings. The Morgan fingerprint density at radius 2 is 1.65 bits per heavy atom. The van der Waals surface area contributed by atoms with E-state index < -0.39 is 0 Å². The number of nitrogens with two attached hydrogens (primary N) is 1. The molecule has 0 fully saturated rings. The zero-order valence-corrected chi connectivity index (χ0v) is 12.1. The van der Waals surface area contributed by atoms with Crippen molar-refractivity contribution >= 4 is 22.4 Å². The molecular weight excluding hydrogens is 266 g/mol. The summed E-state index contributed by atoms with van der Waals surface area (Å²) in [6.07, 6.45) is 0. The Kier molecular flexibility index (Phi) is 3.47. The van der Waals surface area contributed by atoms with Crippen molar-refractivity contribution in [2.75, 3.05) is 0 Å². The molecule has 0 spiro atoms. The van der Waals surface area contributed by atoms with Gasteiger partial charge in [-0.05, 0) is 46.5 Å². The lowest BCUT2D eigenvalue weighted by atomic mass is 9.92. The van der Waals surface area contributed by atoms with Gasteiger partial charge in [-0.2, -0.15) is 0 Å². The molecule has 1 nitrogen and oxygen atoms in total. The minimum Gasteiger partial charge on any atom is -0.320 e. The van der Waals surface area contributed by atoms with Crippen molar-refractivity contribution in [3.63, 3.8) is 0 Å². The average molecular weight is 282 g/mol. The van der Waals surface area contributed by atoms with E-state index in [-0.39, 0.29) is 6.04 Å². The van der Waals surface area contributed by atoms with Crippen molar-refractivity contribution in [1.29, 1.82) is 0 Å². The molecule has 0 amide bonds. The van der Waals surface area contributed by atoms with Crippen LogP contribution < -0.4 is 5.73 Å². The van der Waals surface area contributed by atoms with Crippen molar-refractivity contribution in [2.45, 2.75) is 13.0 Å². The summed E-state index contributed by atoms with van der Waals surface area (Å²) in [4.78, 5) is 0. The van der Waals surface area contributed by atoms with Crippen LogP contribution in [0.4, 0.5) is 0 Å². The number of aryl methyl sites for hydroxylation is 1. The Morgan fingerprint density at radius 1 is 0.900 bits per heavy atom. The minimum absolute atomic E-state index is 0.167. The van der Waals surface area contributed by atoms with Crippen LogP contribution >= 0.6 is 11.6 Å². The van der Waals surface area contributed by atoms with Gasteiger partial charge in [0, 0.05) is 5.02 Å². The lowest BCUT2D eigenvalue weighted by Crippen LogP contribution is -2.13. The second kappa shape index (κ2) is 5.28. The molecule has 2 heteroatoms. The van der Waals surface area contributed by atoms with Gasteiger partial charge in [-0.1, -0.05) is 60.1 Å². The molecule has 0 heterocycles. The van der Waals surface area contributed by atoms with E-state index in [0.29, 0.717) is 0 Å². The first-order valence-corrected chi connectivity index (χ1v) is 7.04. The fraction of sp³-hybridized carbons (Fsp3) is 0.111. The fourth-order valence-electron chi connectivity index (χ4n) is 2.64. The van der Waals surface area contributed by atoms with Gasteiger partial charge in [0.25, 0.3) is 0 Å². The molecule has 1 unspecified atom stereocenters. The van der Waals surface area contributed by atoms with Gasteiger partial charge >= 0.3 is 0 Å². The van der Waals surface area contributed by atoms with Crippen LogP contribution in [0.2, 0.25) is 5.02 Å². The second-order valence-electron chi connectivity index (χ2n) is 5.05. The van der Waals surface area contributed by atoms with Gasteiger partial charge in [-0.15, -0.1) is 0 Å². The van der Waals surface area contributed by atoms with E-state index in [9.17, 15) is 0 Å². The van der Waals surface area contributed by atoms with Crippen LogP contribution in [0.1, 0.15) is 22.7 Å². The summed E-state index contributed by atoms with van der Waals surface area (Å²) < 4.78 is 0. The maximum atomic E-state index is 6.49. The van der Waals surface area contributed by atoms with Crippen molar-refractivity contribution in [3.05, 3.63) is 82.4 Å². The topological polar surface area (TPSA) is 26.0 Å². The predicted molar refractivity (Wildman–Crippen MR) is 86.2 cm³/mol. The first kappa shape index (κ1) is 13.2. The molecule has 2 N–H and O–H groups in total. The van der Waals surface area contributed by atoms with Gasteiger partial charge < -0.3 is 5.73 Å². The minimum atomic E-state index is -0.167. The first-order chi connectivity index (χ1) is 9.66. The Hall–Kier alpha value is -1.83. The first-order valence-electron chi connectivity index (χ1n) is 6.66. The summed E-state index contributed by atoms with van der Waals surface area (Å²) in [5.41, 5.74) is 9.87. The average Bonchev–Trinajstić information content (AvgIpc) is 2.48. The molecule has 3 aromatic rings. The summed E-state index contributed by atoms with van der Waals surface area (Å²) >= 11 is 6.11. The van der Waals surface area contributed by atoms with Gasteiger partial charge in [0.2, 0.25) is 0 Å². The number of halogens is 1. The molecule has 0 aliphatic heterocycles. The molecule has 0 bridgehead atoms. The van der Waals surface area contributed by atoms with Crippen LogP contribution in [-0.4, -0.2) is 0 Å². The maximum absolute atomic E-state index is 6.49. The quantitative estimate of drug-likeness (QED) is 0.714. The molecule has 0 aliphatic carbocycles. The summed E-state index contributed by atoms with van der Waals surface area (Å²) in [5, 5.41) is 3.13. The van der Waals surface area contributed by atoms with E-state index in [4.69, 9.17) is 17.3 Å². The van der Waals surface area contributed by atoms with Crippen molar-refractivity contribution in [2.24, 2.45) is 5.73 Å². The van der Waals surface area contributed by atoms with Crippen molar-refractivity contribution in [1.82, 2.24) is 0 Å². The van der Waals surface area contributed by atoms with E-state index in [1.165, 1.54) is 10.8 Å². The molecule has 0 saturated heterocycles. The summed E-state index contributed by atoms with van der Waals surface area (Å²) in [5.74, 6) is 0. The third-order valence-electron chi connectivity index (χ3n) is 3.73. The van der Waals surface area contributed by atoms with E-state index in [1.807, 2.05) is 30.3 Å². The highest BCUT2D eigenvalue weighted by atomic mass is 35.5. The molecule has 0 saturated carbocycles. The fourth-order valence-corrected chi connectivity index (χ4v) is 2.82. The molecule has 3 rings (SSSR count). The van der Waals surface area contributed by atoms with Crippen molar-refractivity contribution in [3.8, 4) is 0 Å². The third kappa shape index (κ3) is 2.31.